The maximum atomic E-state index is 11.9. The van der Waals surface area contributed by atoms with Crippen molar-refractivity contribution in [1.29, 1.82) is 0 Å². The van der Waals surface area contributed by atoms with Crippen molar-refractivity contribution in [2.75, 3.05) is 0 Å². The molecule has 0 saturated heterocycles. The van der Waals surface area contributed by atoms with Gasteiger partial charge in [0.15, 0.2) is 0 Å². The predicted octanol–water partition coefficient (Wildman–Crippen LogP) is 4.59. The van der Waals surface area contributed by atoms with E-state index in [1.807, 2.05) is 42.7 Å². The van der Waals surface area contributed by atoms with Crippen molar-refractivity contribution in [3.63, 3.8) is 0 Å². The second kappa shape index (κ2) is 8.24. The third kappa shape index (κ3) is 5.83. The van der Waals surface area contributed by atoms with Crippen molar-refractivity contribution in [1.82, 2.24) is 0 Å². The molecule has 0 fully saturated rings. The van der Waals surface area contributed by atoms with Crippen molar-refractivity contribution < 1.29 is 4.21 Å². The van der Waals surface area contributed by atoms with Crippen LogP contribution in [0.5, 0.6) is 0 Å². The third-order valence-electron chi connectivity index (χ3n) is 2.70. The number of hydrogen-bond donors (Lipinski definition) is 0. The number of hydrogen-bond acceptors (Lipinski definition) is 1. The quantitative estimate of drug-likeness (QED) is 0.647. The van der Waals surface area contributed by atoms with E-state index < -0.39 is 10.8 Å². The van der Waals surface area contributed by atoms with Crippen LogP contribution in [0, 0.1) is 6.92 Å². The molecule has 1 aromatic carbocycles. The van der Waals surface area contributed by atoms with Crippen molar-refractivity contribution in [3.05, 3.63) is 41.3 Å². The monoisotopic (exact) mass is 250 g/mol. The van der Waals surface area contributed by atoms with Gasteiger partial charge >= 0.3 is 0 Å². The van der Waals surface area contributed by atoms with Crippen LogP contribution in [0.1, 0.15) is 44.6 Å². The molecule has 0 N–H and O–H groups in total. The lowest BCUT2D eigenvalue weighted by atomic mass is 10.2. The van der Waals surface area contributed by atoms with E-state index >= 15 is 0 Å². The standard InChI is InChI=1S/C15H22OS/c1-3-4-5-6-7-8-13-17(16)15-11-9-14(2)10-12-15/h8-13H,3-7H2,1-2H3/b13-8+/t17-/m1/s1. The van der Waals surface area contributed by atoms with E-state index in [1.54, 1.807) is 0 Å². The Balaban J connectivity index is 2.33. The lowest BCUT2D eigenvalue weighted by molar-refractivity contribution is 0.674. The van der Waals surface area contributed by atoms with Gasteiger partial charge in [-0.05, 0) is 31.9 Å². The van der Waals surface area contributed by atoms with E-state index in [0.29, 0.717) is 0 Å². The first-order chi connectivity index (χ1) is 8.24. The van der Waals surface area contributed by atoms with Crippen LogP contribution in [0.25, 0.3) is 0 Å². The zero-order valence-electron chi connectivity index (χ0n) is 10.8. The topological polar surface area (TPSA) is 17.1 Å². The SMILES string of the molecule is CCCCCC/C=C/[S@@](=O)c1ccc(C)cc1. The van der Waals surface area contributed by atoms with Crippen LogP contribution in [0.15, 0.2) is 40.6 Å². The minimum Gasteiger partial charge on any atom is -0.250 e. The van der Waals surface area contributed by atoms with Gasteiger partial charge in [0.2, 0.25) is 0 Å². The molecule has 0 aromatic heterocycles. The summed E-state index contributed by atoms with van der Waals surface area (Å²) in [5, 5.41) is 1.82. The summed E-state index contributed by atoms with van der Waals surface area (Å²) in [6.45, 7) is 4.25. The van der Waals surface area contributed by atoms with Gasteiger partial charge in [0.25, 0.3) is 0 Å². The molecule has 0 amide bonds. The summed E-state index contributed by atoms with van der Waals surface area (Å²) in [6, 6.07) is 7.88. The number of aryl methyl sites for hydroxylation is 1. The number of allylic oxidation sites excluding steroid dienone is 1. The summed E-state index contributed by atoms with van der Waals surface area (Å²) in [4.78, 5) is 0.889. The average molecular weight is 250 g/mol. The van der Waals surface area contributed by atoms with Gasteiger partial charge in [-0.1, -0.05) is 50.0 Å². The molecule has 0 heterocycles. The van der Waals surface area contributed by atoms with Gasteiger partial charge in [-0.15, -0.1) is 0 Å². The Morgan fingerprint density at radius 2 is 1.82 bits per heavy atom. The highest BCUT2D eigenvalue weighted by molar-refractivity contribution is 7.88. The van der Waals surface area contributed by atoms with Crippen LogP contribution in [-0.4, -0.2) is 4.21 Å². The van der Waals surface area contributed by atoms with E-state index in [2.05, 4.69) is 6.92 Å². The van der Waals surface area contributed by atoms with E-state index in [0.717, 1.165) is 11.3 Å². The van der Waals surface area contributed by atoms with Crippen LogP contribution in [0.2, 0.25) is 0 Å². The van der Waals surface area contributed by atoms with Gasteiger partial charge in [0.1, 0.15) is 0 Å². The van der Waals surface area contributed by atoms with Crippen LogP contribution < -0.4 is 0 Å². The van der Waals surface area contributed by atoms with Gasteiger partial charge in [-0.2, -0.15) is 0 Å². The van der Waals surface area contributed by atoms with Crippen molar-refractivity contribution in [2.45, 2.75) is 50.8 Å². The summed E-state index contributed by atoms with van der Waals surface area (Å²) in [5.74, 6) is 0. The summed E-state index contributed by atoms with van der Waals surface area (Å²) < 4.78 is 11.9. The highest BCUT2D eigenvalue weighted by Crippen LogP contribution is 2.10. The second-order valence-electron chi connectivity index (χ2n) is 4.33. The summed E-state index contributed by atoms with van der Waals surface area (Å²) in [5.41, 5.74) is 1.20. The Hall–Kier alpha value is -0.890. The van der Waals surface area contributed by atoms with Crippen LogP contribution >= 0.6 is 0 Å². The van der Waals surface area contributed by atoms with Crippen molar-refractivity contribution in [2.24, 2.45) is 0 Å². The Morgan fingerprint density at radius 3 is 2.47 bits per heavy atom. The first-order valence-electron chi connectivity index (χ1n) is 6.38. The maximum Gasteiger partial charge on any atom is 0.0772 e. The molecule has 17 heavy (non-hydrogen) atoms. The summed E-state index contributed by atoms with van der Waals surface area (Å²) in [7, 11) is -0.979. The predicted molar refractivity (Wildman–Crippen MR) is 75.5 cm³/mol. The highest BCUT2D eigenvalue weighted by Gasteiger charge is 1.97. The molecule has 2 heteroatoms. The molecule has 0 unspecified atom stereocenters. The molecule has 0 bridgehead atoms. The van der Waals surface area contributed by atoms with Gasteiger partial charge < -0.3 is 0 Å². The normalized spacial score (nSPS) is 13.1. The minimum absolute atomic E-state index is 0.889. The molecule has 0 radical (unpaired) electrons. The smallest absolute Gasteiger partial charge is 0.0772 e. The molecule has 1 nitrogen and oxygen atoms in total. The summed E-state index contributed by atoms with van der Waals surface area (Å²) >= 11 is 0. The lowest BCUT2D eigenvalue weighted by Gasteiger charge is -1.98. The molecule has 0 aliphatic carbocycles. The Bertz CT molecular complexity index is 365. The van der Waals surface area contributed by atoms with Gasteiger partial charge in [0, 0.05) is 10.3 Å². The van der Waals surface area contributed by atoms with E-state index in [9.17, 15) is 4.21 Å². The molecule has 1 rings (SSSR count). The van der Waals surface area contributed by atoms with Crippen molar-refractivity contribution >= 4 is 10.8 Å². The molecule has 0 aliphatic rings. The third-order valence-corrected chi connectivity index (χ3v) is 3.87. The molecule has 0 aliphatic heterocycles. The fourth-order valence-electron chi connectivity index (χ4n) is 1.60. The van der Waals surface area contributed by atoms with Gasteiger partial charge in [-0.3, -0.25) is 0 Å². The average Bonchev–Trinajstić information content (AvgIpc) is 2.34. The first-order valence-corrected chi connectivity index (χ1v) is 7.59. The number of benzene rings is 1. The molecule has 0 saturated carbocycles. The van der Waals surface area contributed by atoms with Crippen LogP contribution in [0.3, 0.4) is 0 Å². The molecular formula is C15H22OS. The van der Waals surface area contributed by atoms with E-state index in [-0.39, 0.29) is 0 Å². The van der Waals surface area contributed by atoms with Crippen LogP contribution in [0.4, 0.5) is 0 Å². The first kappa shape index (κ1) is 14.2. The van der Waals surface area contributed by atoms with E-state index in [1.165, 1.54) is 31.2 Å². The minimum atomic E-state index is -0.979. The van der Waals surface area contributed by atoms with Crippen LogP contribution in [-0.2, 0) is 10.8 Å². The fraction of sp³-hybridized carbons (Fsp3) is 0.467. The Morgan fingerprint density at radius 1 is 1.12 bits per heavy atom. The Labute approximate surface area is 107 Å². The largest absolute Gasteiger partial charge is 0.250 e. The fourth-order valence-corrected chi connectivity index (χ4v) is 2.47. The zero-order chi connectivity index (χ0) is 12.5. The zero-order valence-corrected chi connectivity index (χ0v) is 11.6. The maximum absolute atomic E-state index is 11.9. The highest BCUT2D eigenvalue weighted by atomic mass is 32.2. The molecular weight excluding hydrogens is 228 g/mol. The molecule has 1 atom stereocenters. The number of rotatable bonds is 7. The summed E-state index contributed by atoms with van der Waals surface area (Å²) in [6.07, 6.45) is 8.13. The number of unbranched alkanes of at least 4 members (excludes halogenated alkanes) is 4. The lowest BCUT2D eigenvalue weighted by Crippen LogP contribution is -1.86. The molecule has 94 valence electrons. The van der Waals surface area contributed by atoms with Crippen molar-refractivity contribution in [3.8, 4) is 0 Å². The van der Waals surface area contributed by atoms with Gasteiger partial charge in [0.05, 0.1) is 10.8 Å². The van der Waals surface area contributed by atoms with E-state index in [4.69, 9.17) is 0 Å². The molecule has 1 aromatic rings. The van der Waals surface area contributed by atoms with Gasteiger partial charge in [-0.25, -0.2) is 4.21 Å². The second-order valence-corrected chi connectivity index (χ2v) is 5.67. The Kier molecular flexibility index (Phi) is 6.87. The molecule has 0 spiro atoms.